The van der Waals surface area contributed by atoms with E-state index < -0.39 is 0 Å². The summed E-state index contributed by atoms with van der Waals surface area (Å²) in [5.74, 6) is 0.0497. The Morgan fingerprint density at radius 2 is 2.17 bits per heavy atom. The first kappa shape index (κ1) is 12.6. The first-order valence-electron chi connectivity index (χ1n) is 6.33. The minimum Gasteiger partial charge on any atom is -0.507 e. The van der Waals surface area contributed by atoms with Gasteiger partial charge >= 0.3 is 0 Å². The van der Waals surface area contributed by atoms with Gasteiger partial charge in [0, 0.05) is 5.71 Å². The van der Waals surface area contributed by atoms with E-state index in [1.807, 2.05) is 0 Å². The first-order chi connectivity index (χ1) is 8.68. The number of hydrazone groups is 1. The van der Waals surface area contributed by atoms with Crippen LogP contribution in [0.5, 0.6) is 5.75 Å². The molecule has 1 fully saturated rings. The maximum absolute atomic E-state index is 11.8. The second-order valence-electron chi connectivity index (χ2n) is 4.71. The van der Waals surface area contributed by atoms with Gasteiger partial charge in [0.25, 0.3) is 5.91 Å². The number of phenols is 1. The topological polar surface area (TPSA) is 61.7 Å². The lowest BCUT2D eigenvalue weighted by molar-refractivity contribution is 0.0951. The highest BCUT2D eigenvalue weighted by molar-refractivity contribution is 5.98. The van der Waals surface area contributed by atoms with E-state index in [9.17, 15) is 9.90 Å². The van der Waals surface area contributed by atoms with Crippen molar-refractivity contribution < 1.29 is 9.90 Å². The van der Waals surface area contributed by atoms with E-state index in [0.29, 0.717) is 5.92 Å². The van der Waals surface area contributed by atoms with Gasteiger partial charge in [-0.05, 0) is 37.3 Å². The molecule has 4 nitrogen and oxygen atoms in total. The minimum atomic E-state index is -0.363. The van der Waals surface area contributed by atoms with Crippen LogP contribution in [0.4, 0.5) is 0 Å². The summed E-state index contributed by atoms with van der Waals surface area (Å²) in [4.78, 5) is 11.8. The Morgan fingerprint density at radius 3 is 2.89 bits per heavy atom. The molecule has 1 aliphatic carbocycles. The van der Waals surface area contributed by atoms with Gasteiger partial charge in [0.2, 0.25) is 0 Å². The largest absolute Gasteiger partial charge is 0.507 e. The van der Waals surface area contributed by atoms with Crippen molar-refractivity contribution in [2.24, 2.45) is 11.0 Å². The van der Waals surface area contributed by atoms with E-state index in [1.54, 1.807) is 18.2 Å². The average Bonchev–Trinajstić information content (AvgIpc) is 2.38. The van der Waals surface area contributed by atoms with Crippen molar-refractivity contribution in [2.45, 2.75) is 32.6 Å². The predicted molar refractivity (Wildman–Crippen MR) is 70.6 cm³/mol. The van der Waals surface area contributed by atoms with E-state index in [0.717, 1.165) is 25.0 Å². The molecule has 0 aliphatic heterocycles. The van der Waals surface area contributed by atoms with E-state index in [2.05, 4.69) is 17.5 Å². The second kappa shape index (κ2) is 5.67. The number of hydrogen-bond acceptors (Lipinski definition) is 3. The average molecular weight is 246 g/mol. The molecule has 2 rings (SSSR count). The van der Waals surface area contributed by atoms with Gasteiger partial charge in [-0.3, -0.25) is 4.79 Å². The Bertz CT molecular complexity index is 469. The number of carbonyl (C=O) groups excluding carboxylic acids is 1. The van der Waals surface area contributed by atoms with Crippen LogP contribution >= 0.6 is 0 Å². The van der Waals surface area contributed by atoms with E-state index in [1.165, 1.54) is 12.5 Å². The smallest absolute Gasteiger partial charge is 0.275 e. The Kier molecular flexibility index (Phi) is 3.97. The van der Waals surface area contributed by atoms with Crippen molar-refractivity contribution in [1.82, 2.24) is 5.43 Å². The summed E-state index contributed by atoms with van der Waals surface area (Å²) < 4.78 is 0. The zero-order valence-corrected chi connectivity index (χ0v) is 10.5. The number of aromatic hydroxyl groups is 1. The number of nitrogens with zero attached hydrogens (tertiary/aromatic N) is 1. The summed E-state index contributed by atoms with van der Waals surface area (Å²) in [6.45, 7) is 2.13. The highest BCUT2D eigenvalue weighted by Gasteiger charge is 2.16. The maximum Gasteiger partial charge on any atom is 0.275 e. The van der Waals surface area contributed by atoms with Crippen LogP contribution in [-0.2, 0) is 0 Å². The Labute approximate surface area is 107 Å². The highest BCUT2D eigenvalue weighted by Crippen LogP contribution is 2.21. The molecule has 1 aromatic rings. The fourth-order valence-corrected chi connectivity index (χ4v) is 2.18. The van der Waals surface area contributed by atoms with Crippen LogP contribution in [0.25, 0.3) is 0 Å². The molecule has 0 bridgehead atoms. The van der Waals surface area contributed by atoms with Crippen molar-refractivity contribution in [3.63, 3.8) is 0 Å². The summed E-state index contributed by atoms with van der Waals surface area (Å²) >= 11 is 0. The first-order valence-corrected chi connectivity index (χ1v) is 6.33. The highest BCUT2D eigenvalue weighted by atomic mass is 16.3. The fourth-order valence-electron chi connectivity index (χ4n) is 2.18. The van der Waals surface area contributed by atoms with Gasteiger partial charge in [-0.1, -0.05) is 25.5 Å². The van der Waals surface area contributed by atoms with E-state index >= 15 is 0 Å². The van der Waals surface area contributed by atoms with Crippen molar-refractivity contribution >= 4 is 11.6 Å². The lowest BCUT2D eigenvalue weighted by Gasteiger charge is -2.19. The van der Waals surface area contributed by atoms with Crippen molar-refractivity contribution in [2.75, 3.05) is 0 Å². The number of phenolic OH excluding ortho intramolecular Hbond substituents is 1. The van der Waals surface area contributed by atoms with Gasteiger partial charge in [0.15, 0.2) is 0 Å². The standard InChI is InChI=1S/C14H18N2O2/c1-10-6-2-4-8-12(10)15-16-14(18)11-7-3-5-9-13(11)17/h3,5,7,9-10,17H,2,4,6,8H2,1H3,(H,16,18). The molecular formula is C14H18N2O2. The maximum atomic E-state index is 11.8. The third-order valence-corrected chi connectivity index (χ3v) is 3.34. The van der Waals surface area contributed by atoms with Crippen molar-refractivity contribution in [1.29, 1.82) is 0 Å². The SMILES string of the molecule is CC1CCCCC1=NNC(=O)c1ccccc1O. The number of nitrogens with one attached hydrogen (secondary N) is 1. The normalized spacial score (nSPS) is 21.8. The number of carbonyl (C=O) groups is 1. The van der Waals surface area contributed by atoms with Crippen molar-refractivity contribution in [3.05, 3.63) is 29.8 Å². The molecule has 1 aliphatic rings. The minimum absolute atomic E-state index is 0.0214. The molecule has 0 aromatic heterocycles. The summed E-state index contributed by atoms with van der Waals surface area (Å²) in [6.07, 6.45) is 4.44. The number of hydrogen-bond donors (Lipinski definition) is 2. The molecule has 96 valence electrons. The van der Waals surface area contributed by atoms with Gasteiger partial charge in [-0.2, -0.15) is 5.10 Å². The zero-order valence-electron chi connectivity index (χ0n) is 10.5. The van der Waals surface area contributed by atoms with Gasteiger partial charge in [0.1, 0.15) is 5.75 Å². The van der Waals surface area contributed by atoms with Gasteiger partial charge in [-0.15, -0.1) is 0 Å². The Balaban J connectivity index is 2.04. The van der Waals surface area contributed by atoms with Crippen LogP contribution in [0.1, 0.15) is 43.0 Å². The summed E-state index contributed by atoms with van der Waals surface area (Å²) in [6, 6.07) is 6.46. The molecule has 0 saturated heterocycles. The molecule has 1 saturated carbocycles. The number of benzene rings is 1. The molecule has 0 spiro atoms. The Morgan fingerprint density at radius 1 is 1.39 bits per heavy atom. The summed E-state index contributed by atoms with van der Waals surface area (Å²) in [5.41, 5.74) is 3.83. The number of para-hydroxylation sites is 1. The third-order valence-electron chi connectivity index (χ3n) is 3.34. The molecule has 1 atom stereocenters. The lowest BCUT2D eigenvalue weighted by Crippen LogP contribution is -2.24. The molecule has 1 aromatic carbocycles. The zero-order chi connectivity index (χ0) is 13.0. The Hall–Kier alpha value is -1.84. The molecule has 18 heavy (non-hydrogen) atoms. The van der Waals surface area contributed by atoms with Crippen LogP contribution in [0.2, 0.25) is 0 Å². The van der Waals surface area contributed by atoms with Crippen LogP contribution in [0.15, 0.2) is 29.4 Å². The monoisotopic (exact) mass is 246 g/mol. The molecule has 1 amide bonds. The quantitative estimate of drug-likeness (QED) is 0.788. The predicted octanol–water partition coefficient (Wildman–Crippen LogP) is 2.69. The van der Waals surface area contributed by atoms with Crippen LogP contribution in [0, 0.1) is 5.92 Å². The van der Waals surface area contributed by atoms with Crippen molar-refractivity contribution in [3.8, 4) is 5.75 Å². The van der Waals surface area contributed by atoms with Crippen LogP contribution in [0.3, 0.4) is 0 Å². The van der Waals surface area contributed by atoms with Crippen LogP contribution in [-0.4, -0.2) is 16.7 Å². The van der Waals surface area contributed by atoms with E-state index in [-0.39, 0.29) is 17.2 Å². The van der Waals surface area contributed by atoms with Crippen LogP contribution < -0.4 is 5.43 Å². The summed E-state index contributed by atoms with van der Waals surface area (Å²) in [7, 11) is 0. The number of amides is 1. The fraction of sp³-hybridized carbons (Fsp3) is 0.429. The second-order valence-corrected chi connectivity index (χ2v) is 4.71. The number of rotatable bonds is 2. The molecular weight excluding hydrogens is 228 g/mol. The molecule has 0 radical (unpaired) electrons. The molecule has 1 unspecified atom stereocenters. The van der Waals surface area contributed by atoms with Gasteiger partial charge in [0.05, 0.1) is 5.56 Å². The third kappa shape index (κ3) is 2.88. The van der Waals surface area contributed by atoms with E-state index in [4.69, 9.17) is 0 Å². The molecule has 2 N–H and O–H groups in total. The lowest BCUT2D eigenvalue weighted by atomic mass is 9.89. The molecule has 0 heterocycles. The van der Waals surface area contributed by atoms with Gasteiger partial charge < -0.3 is 5.11 Å². The summed E-state index contributed by atoms with van der Waals surface area (Å²) in [5, 5.41) is 13.7. The van der Waals surface area contributed by atoms with Gasteiger partial charge in [-0.25, -0.2) is 5.43 Å². The molecule has 4 heteroatoms.